The number of hydrogen-bond donors (Lipinski definition) is 0. The van der Waals surface area contributed by atoms with Crippen molar-refractivity contribution in [3.8, 4) is 0 Å². The number of rotatable bonds is 5. The lowest BCUT2D eigenvalue weighted by atomic mass is 9.79. The molecule has 0 aromatic carbocycles. The van der Waals surface area contributed by atoms with Gasteiger partial charge in [-0.15, -0.1) is 0 Å². The van der Waals surface area contributed by atoms with Gasteiger partial charge < -0.3 is 4.74 Å². The third-order valence-electron chi connectivity index (χ3n) is 6.67. The second-order valence-corrected chi connectivity index (χ2v) is 8.67. The number of piperazine rings is 1. The molecule has 3 aliphatic rings. The van der Waals surface area contributed by atoms with Crippen molar-refractivity contribution in [1.82, 2.24) is 14.7 Å². The second kappa shape index (κ2) is 8.98. The number of ether oxygens (including phenoxy) is 1. The predicted molar refractivity (Wildman–Crippen MR) is 100 cm³/mol. The highest BCUT2D eigenvalue weighted by Gasteiger charge is 2.29. The fourth-order valence-electron chi connectivity index (χ4n) is 4.86. The Kier molecular flexibility index (Phi) is 6.97. The molecule has 1 saturated carbocycles. The van der Waals surface area contributed by atoms with Crippen LogP contribution in [0.4, 0.5) is 0 Å². The molecule has 0 spiro atoms. The number of hydrogen-bond acceptors (Lipinski definition) is 4. The highest BCUT2D eigenvalue weighted by molar-refractivity contribution is 4.84. The molecule has 4 heteroatoms. The Morgan fingerprint density at radius 1 is 0.875 bits per heavy atom. The molecule has 2 saturated heterocycles. The Hall–Kier alpha value is -0.160. The summed E-state index contributed by atoms with van der Waals surface area (Å²) in [5.74, 6) is 1.86. The van der Waals surface area contributed by atoms with E-state index in [-0.39, 0.29) is 0 Å². The molecule has 1 atom stereocenters. The van der Waals surface area contributed by atoms with E-state index in [0.717, 1.165) is 37.6 Å². The van der Waals surface area contributed by atoms with Crippen LogP contribution in [0, 0.1) is 11.8 Å². The van der Waals surface area contributed by atoms with Gasteiger partial charge in [-0.05, 0) is 44.4 Å². The second-order valence-electron chi connectivity index (χ2n) is 8.67. The molecule has 3 fully saturated rings. The summed E-state index contributed by atoms with van der Waals surface area (Å²) in [5.41, 5.74) is 0. The lowest BCUT2D eigenvalue weighted by molar-refractivity contribution is -0.0226. The molecule has 2 heterocycles. The van der Waals surface area contributed by atoms with Crippen LogP contribution in [0.1, 0.15) is 46.5 Å². The van der Waals surface area contributed by atoms with Gasteiger partial charge >= 0.3 is 0 Å². The van der Waals surface area contributed by atoms with Crippen molar-refractivity contribution in [2.45, 2.75) is 58.6 Å². The van der Waals surface area contributed by atoms with Crippen molar-refractivity contribution >= 4 is 0 Å². The summed E-state index contributed by atoms with van der Waals surface area (Å²) in [6, 6.07) is 0.877. The van der Waals surface area contributed by atoms with Crippen molar-refractivity contribution in [3.63, 3.8) is 0 Å². The molecule has 0 aromatic heterocycles. The fourth-order valence-corrected chi connectivity index (χ4v) is 4.86. The molecular weight excluding hydrogens is 298 g/mol. The molecule has 3 rings (SSSR count). The van der Waals surface area contributed by atoms with Crippen LogP contribution < -0.4 is 0 Å². The third kappa shape index (κ3) is 5.17. The summed E-state index contributed by atoms with van der Waals surface area (Å²) in [7, 11) is 0. The molecule has 0 amide bonds. The van der Waals surface area contributed by atoms with E-state index in [4.69, 9.17) is 4.74 Å². The van der Waals surface area contributed by atoms with Crippen LogP contribution in [-0.2, 0) is 4.74 Å². The first-order valence-electron chi connectivity index (χ1n) is 10.4. The zero-order valence-corrected chi connectivity index (χ0v) is 16.3. The standard InChI is InChI=1S/C20H39N3O/c1-17(2)19-4-6-20(7-5-19)23-12-10-21(11-13-23)8-9-22-14-15-24-18(3)16-22/h17-20H,4-16H2,1-3H3/t18-,19?,20?/m0/s1. The van der Waals surface area contributed by atoms with E-state index < -0.39 is 0 Å². The lowest BCUT2D eigenvalue weighted by Gasteiger charge is -2.43. The van der Waals surface area contributed by atoms with Crippen LogP contribution in [-0.4, -0.2) is 85.8 Å². The largest absolute Gasteiger partial charge is 0.376 e. The third-order valence-corrected chi connectivity index (χ3v) is 6.67. The molecule has 4 nitrogen and oxygen atoms in total. The van der Waals surface area contributed by atoms with E-state index in [1.807, 2.05) is 0 Å². The first-order valence-corrected chi connectivity index (χ1v) is 10.4. The van der Waals surface area contributed by atoms with Crippen LogP contribution in [0.15, 0.2) is 0 Å². The lowest BCUT2D eigenvalue weighted by Crippen LogP contribution is -2.53. The Bertz CT molecular complexity index is 360. The minimum atomic E-state index is 0.413. The van der Waals surface area contributed by atoms with E-state index in [2.05, 4.69) is 35.5 Å². The Balaban J connectivity index is 1.33. The molecule has 0 aromatic rings. The van der Waals surface area contributed by atoms with Crippen LogP contribution in [0.5, 0.6) is 0 Å². The van der Waals surface area contributed by atoms with Crippen LogP contribution in [0.3, 0.4) is 0 Å². The number of nitrogens with zero attached hydrogens (tertiary/aromatic N) is 3. The summed E-state index contributed by atoms with van der Waals surface area (Å²) >= 11 is 0. The molecule has 140 valence electrons. The monoisotopic (exact) mass is 337 g/mol. The Morgan fingerprint density at radius 3 is 2.17 bits per heavy atom. The van der Waals surface area contributed by atoms with E-state index >= 15 is 0 Å². The summed E-state index contributed by atoms with van der Waals surface area (Å²) in [5, 5.41) is 0. The first-order chi connectivity index (χ1) is 11.6. The minimum absolute atomic E-state index is 0.413. The zero-order valence-electron chi connectivity index (χ0n) is 16.3. The van der Waals surface area contributed by atoms with Crippen molar-refractivity contribution in [2.24, 2.45) is 11.8 Å². The Morgan fingerprint density at radius 2 is 1.54 bits per heavy atom. The van der Waals surface area contributed by atoms with Crippen LogP contribution >= 0.6 is 0 Å². The summed E-state index contributed by atoms with van der Waals surface area (Å²) in [6.45, 7) is 17.7. The van der Waals surface area contributed by atoms with Crippen LogP contribution in [0.25, 0.3) is 0 Å². The van der Waals surface area contributed by atoms with Gasteiger partial charge in [0.1, 0.15) is 0 Å². The average molecular weight is 338 g/mol. The maximum absolute atomic E-state index is 5.64. The molecule has 0 radical (unpaired) electrons. The predicted octanol–water partition coefficient (Wildman–Crippen LogP) is 2.54. The van der Waals surface area contributed by atoms with E-state index in [0.29, 0.717) is 6.10 Å². The quantitative estimate of drug-likeness (QED) is 0.767. The van der Waals surface area contributed by atoms with Crippen molar-refractivity contribution in [1.29, 1.82) is 0 Å². The SMILES string of the molecule is CC(C)C1CCC(N2CCN(CCN3CCO[C@@H](C)C3)CC2)CC1. The van der Waals surface area contributed by atoms with Gasteiger partial charge in [-0.1, -0.05) is 13.8 Å². The average Bonchev–Trinajstić information content (AvgIpc) is 2.61. The highest BCUT2D eigenvalue weighted by Crippen LogP contribution is 2.32. The van der Waals surface area contributed by atoms with Gasteiger partial charge in [0, 0.05) is 58.4 Å². The van der Waals surface area contributed by atoms with Crippen molar-refractivity contribution in [3.05, 3.63) is 0 Å². The highest BCUT2D eigenvalue weighted by atomic mass is 16.5. The first kappa shape index (κ1) is 18.6. The molecule has 0 N–H and O–H groups in total. The maximum atomic E-state index is 5.64. The number of morpholine rings is 1. The van der Waals surface area contributed by atoms with Crippen LogP contribution in [0.2, 0.25) is 0 Å². The van der Waals surface area contributed by atoms with Gasteiger partial charge in [0.15, 0.2) is 0 Å². The smallest absolute Gasteiger partial charge is 0.0674 e. The van der Waals surface area contributed by atoms with Gasteiger partial charge in [0.2, 0.25) is 0 Å². The van der Waals surface area contributed by atoms with E-state index in [9.17, 15) is 0 Å². The van der Waals surface area contributed by atoms with E-state index in [1.54, 1.807) is 0 Å². The van der Waals surface area contributed by atoms with Gasteiger partial charge in [0.05, 0.1) is 12.7 Å². The molecule has 0 bridgehead atoms. The summed E-state index contributed by atoms with van der Waals surface area (Å²) in [6.07, 6.45) is 6.20. The molecular formula is C20H39N3O. The molecule has 24 heavy (non-hydrogen) atoms. The normalized spacial score (nSPS) is 34.8. The van der Waals surface area contributed by atoms with Gasteiger partial charge in [-0.2, -0.15) is 0 Å². The topological polar surface area (TPSA) is 19.0 Å². The maximum Gasteiger partial charge on any atom is 0.0674 e. The molecule has 1 aliphatic carbocycles. The summed E-state index contributed by atoms with van der Waals surface area (Å²) in [4.78, 5) is 8.05. The van der Waals surface area contributed by atoms with Crippen molar-refractivity contribution in [2.75, 3.05) is 59.0 Å². The minimum Gasteiger partial charge on any atom is -0.376 e. The van der Waals surface area contributed by atoms with Gasteiger partial charge in [-0.25, -0.2) is 0 Å². The summed E-state index contributed by atoms with van der Waals surface area (Å²) < 4.78 is 5.64. The van der Waals surface area contributed by atoms with Crippen molar-refractivity contribution < 1.29 is 4.74 Å². The van der Waals surface area contributed by atoms with Gasteiger partial charge in [-0.3, -0.25) is 14.7 Å². The van der Waals surface area contributed by atoms with E-state index in [1.165, 1.54) is 65.0 Å². The Labute approximate surface area is 149 Å². The van der Waals surface area contributed by atoms with Gasteiger partial charge in [0.25, 0.3) is 0 Å². The molecule has 2 aliphatic heterocycles. The molecule has 0 unspecified atom stereocenters. The zero-order chi connectivity index (χ0) is 16.9. The fraction of sp³-hybridized carbons (Fsp3) is 1.00.